The SMILES string of the molecule is Cc1ccc(NC(=O)C2CSCN2C(=O)c2ccc(N3CCN(C(C)C)CC3)cc2)c(C)c1. The Morgan fingerprint density at radius 3 is 2.33 bits per heavy atom. The molecule has 1 atom stereocenters. The third-order valence-corrected chi connectivity index (χ3v) is 7.62. The minimum Gasteiger partial charge on any atom is -0.369 e. The first-order chi connectivity index (χ1) is 15.8. The minimum atomic E-state index is -0.466. The minimum absolute atomic E-state index is 0.0862. The van der Waals surface area contributed by atoms with Crippen LogP contribution in [0.4, 0.5) is 11.4 Å². The number of aryl methyl sites for hydroxylation is 2. The quantitative estimate of drug-likeness (QED) is 0.722. The number of benzene rings is 2. The number of hydrogen-bond acceptors (Lipinski definition) is 5. The smallest absolute Gasteiger partial charge is 0.255 e. The highest BCUT2D eigenvalue weighted by molar-refractivity contribution is 7.99. The summed E-state index contributed by atoms with van der Waals surface area (Å²) in [5, 5.41) is 3.02. The van der Waals surface area contributed by atoms with Gasteiger partial charge in [-0.15, -0.1) is 11.8 Å². The summed E-state index contributed by atoms with van der Waals surface area (Å²) in [6, 6.07) is 13.9. The molecule has 0 spiro atoms. The van der Waals surface area contributed by atoms with Crippen LogP contribution in [0.15, 0.2) is 42.5 Å². The molecule has 1 unspecified atom stereocenters. The molecule has 2 aliphatic heterocycles. The van der Waals surface area contributed by atoms with Crippen molar-refractivity contribution in [2.75, 3.05) is 48.0 Å². The number of carbonyl (C=O) groups excluding carboxylic acids is 2. The van der Waals surface area contributed by atoms with Crippen molar-refractivity contribution < 1.29 is 9.59 Å². The first-order valence-corrected chi connectivity index (χ1v) is 12.8. The monoisotopic (exact) mass is 466 g/mol. The highest BCUT2D eigenvalue weighted by atomic mass is 32.2. The van der Waals surface area contributed by atoms with E-state index < -0.39 is 6.04 Å². The van der Waals surface area contributed by atoms with Gasteiger partial charge in [0.05, 0.1) is 5.88 Å². The van der Waals surface area contributed by atoms with E-state index in [-0.39, 0.29) is 11.8 Å². The molecule has 2 saturated heterocycles. The number of nitrogens with zero attached hydrogens (tertiary/aromatic N) is 3. The predicted octanol–water partition coefficient (Wildman–Crippen LogP) is 3.99. The molecule has 0 aromatic heterocycles. The maximum atomic E-state index is 13.2. The zero-order valence-electron chi connectivity index (χ0n) is 20.0. The molecule has 0 aliphatic carbocycles. The Hall–Kier alpha value is -2.51. The van der Waals surface area contributed by atoms with E-state index in [0.29, 0.717) is 23.2 Å². The van der Waals surface area contributed by atoms with Crippen molar-refractivity contribution in [1.82, 2.24) is 9.80 Å². The summed E-state index contributed by atoms with van der Waals surface area (Å²) in [4.78, 5) is 32.8. The Kier molecular flexibility index (Phi) is 7.29. The maximum absolute atomic E-state index is 13.2. The van der Waals surface area contributed by atoms with E-state index in [2.05, 4.69) is 29.0 Å². The fraction of sp³-hybridized carbons (Fsp3) is 0.462. The number of anilines is 2. The lowest BCUT2D eigenvalue weighted by Crippen LogP contribution is -2.48. The Balaban J connectivity index is 1.40. The molecule has 2 aromatic carbocycles. The van der Waals surface area contributed by atoms with Crippen molar-refractivity contribution in [3.8, 4) is 0 Å². The molecule has 33 heavy (non-hydrogen) atoms. The molecule has 2 aromatic rings. The summed E-state index contributed by atoms with van der Waals surface area (Å²) in [6.07, 6.45) is 0. The van der Waals surface area contributed by atoms with Gasteiger partial charge in [-0.1, -0.05) is 17.7 Å². The van der Waals surface area contributed by atoms with Crippen LogP contribution in [0.3, 0.4) is 0 Å². The first kappa shape index (κ1) is 23.6. The third-order valence-electron chi connectivity index (χ3n) is 6.61. The van der Waals surface area contributed by atoms with Crippen LogP contribution in [0.2, 0.25) is 0 Å². The summed E-state index contributed by atoms with van der Waals surface area (Å²) < 4.78 is 0. The van der Waals surface area contributed by atoms with Gasteiger partial charge < -0.3 is 15.1 Å². The summed E-state index contributed by atoms with van der Waals surface area (Å²) in [5.41, 5.74) is 4.76. The fourth-order valence-corrected chi connectivity index (χ4v) is 5.66. The van der Waals surface area contributed by atoms with Gasteiger partial charge in [0.25, 0.3) is 5.91 Å². The van der Waals surface area contributed by atoms with Crippen molar-refractivity contribution >= 4 is 35.0 Å². The van der Waals surface area contributed by atoms with Crippen LogP contribution in [0.25, 0.3) is 0 Å². The largest absolute Gasteiger partial charge is 0.369 e. The molecular formula is C26H34N4O2S. The van der Waals surface area contributed by atoms with E-state index in [0.717, 1.165) is 48.7 Å². The van der Waals surface area contributed by atoms with Gasteiger partial charge in [-0.05, 0) is 63.6 Å². The van der Waals surface area contributed by atoms with Gasteiger partial charge in [0.2, 0.25) is 5.91 Å². The fourth-order valence-electron chi connectivity index (χ4n) is 4.51. The summed E-state index contributed by atoms with van der Waals surface area (Å²) >= 11 is 1.62. The molecule has 0 bridgehead atoms. The molecular weight excluding hydrogens is 432 g/mol. The predicted molar refractivity (Wildman–Crippen MR) is 137 cm³/mol. The highest BCUT2D eigenvalue weighted by Gasteiger charge is 2.35. The molecule has 7 heteroatoms. The van der Waals surface area contributed by atoms with Crippen molar-refractivity contribution in [1.29, 1.82) is 0 Å². The summed E-state index contributed by atoms with van der Waals surface area (Å²) in [5.74, 6) is 0.931. The van der Waals surface area contributed by atoms with Gasteiger partial charge in [-0.3, -0.25) is 14.5 Å². The standard InChI is InChI=1S/C26H34N4O2S/c1-18(2)28-11-13-29(14-12-28)22-8-6-21(7-9-22)26(32)30-17-33-16-24(30)25(31)27-23-10-5-19(3)15-20(23)4/h5-10,15,18,24H,11-14,16-17H2,1-4H3,(H,27,31). The molecule has 6 nitrogen and oxygen atoms in total. The normalized spacial score (nSPS) is 19.2. The van der Waals surface area contributed by atoms with Crippen LogP contribution in [0, 0.1) is 13.8 Å². The molecule has 176 valence electrons. The van der Waals surface area contributed by atoms with E-state index in [4.69, 9.17) is 0 Å². The Labute approximate surface area is 201 Å². The van der Waals surface area contributed by atoms with Crippen LogP contribution in [0.1, 0.15) is 35.3 Å². The highest BCUT2D eigenvalue weighted by Crippen LogP contribution is 2.26. The van der Waals surface area contributed by atoms with E-state index in [1.165, 1.54) is 0 Å². The number of nitrogens with one attached hydrogen (secondary N) is 1. The Morgan fingerprint density at radius 1 is 1.00 bits per heavy atom. The zero-order chi connectivity index (χ0) is 23.5. The van der Waals surface area contributed by atoms with Crippen LogP contribution >= 0.6 is 11.8 Å². The van der Waals surface area contributed by atoms with Gasteiger partial charge in [-0.2, -0.15) is 0 Å². The van der Waals surface area contributed by atoms with Crippen molar-refractivity contribution in [2.45, 2.75) is 39.8 Å². The number of piperazine rings is 1. The van der Waals surface area contributed by atoms with Gasteiger partial charge >= 0.3 is 0 Å². The van der Waals surface area contributed by atoms with Gasteiger partial charge in [0, 0.05) is 54.9 Å². The van der Waals surface area contributed by atoms with E-state index in [9.17, 15) is 9.59 Å². The zero-order valence-corrected chi connectivity index (χ0v) is 20.8. The lowest BCUT2D eigenvalue weighted by molar-refractivity contribution is -0.119. The van der Waals surface area contributed by atoms with E-state index in [1.807, 2.05) is 56.3 Å². The maximum Gasteiger partial charge on any atom is 0.255 e. The number of thioether (sulfide) groups is 1. The number of amides is 2. The van der Waals surface area contributed by atoms with E-state index in [1.54, 1.807) is 16.7 Å². The molecule has 2 amide bonds. The Bertz CT molecular complexity index is 1000. The van der Waals surface area contributed by atoms with Gasteiger partial charge in [-0.25, -0.2) is 0 Å². The number of rotatable bonds is 5. The number of hydrogen-bond donors (Lipinski definition) is 1. The van der Waals surface area contributed by atoms with Crippen LogP contribution in [-0.2, 0) is 4.79 Å². The van der Waals surface area contributed by atoms with Crippen molar-refractivity contribution in [3.63, 3.8) is 0 Å². The average molecular weight is 467 g/mol. The second-order valence-corrected chi connectivity index (χ2v) is 10.3. The van der Waals surface area contributed by atoms with Crippen molar-refractivity contribution in [3.05, 3.63) is 59.2 Å². The molecule has 2 fully saturated rings. The van der Waals surface area contributed by atoms with Crippen LogP contribution in [0.5, 0.6) is 0 Å². The van der Waals surface area contributed by atoms with Gasteiger partial charge in [0.1, 0.15) is 6.04 Å². The van der Waals surface area contributed by atoms with Gasteiger partial charge in [0.15, 0.2) is 0 Å². The topological polar surface area (TPSA) is 55.9 Å². The lowest BCUT2D eigenvalue weighted by Gasteiger charge is -2.38. The third kappa shape index (κ3) is 5.36. The molecule has 0 radical (unpaired) electrons. The summed E-state index contributed by atoms with van der Waals surface area (Å²) in [6.45, 7) is 12.6. The lowest BCUT2D eigenvalue weighted by atomic mass is 10.1. The summed E-state index contributed by atoms with van der Waals surface area (Å²) in [7, 11) is 0. The molecule has 0 saturated carbocycles. The molecule has 2 heterocycles. The van der Waals surface area contributed by atoms with Crippen LogP contribution < -0.4 is 10.2 Å². The molecule has 4 rings (SSSR count). The number of carbonyl (C=O) groups is 2. The second-order valence-electron chi connectivity index (χ2n) is 9.26. The average Bonchev–Trinajstić information content (AvgIpc) is 3.31. The van der Waals surface area contributed by atoms with Crippen LogP contribution in [-0.4, -0.2) is 71.5 Å². The first-order valence-electron chi connectivity index (χ1n) is 11.7. The van der Waals surface area contributed by atoms with E-state index >= 15 is 0 Å². The van der Waals surface area contributed by atoms with Crippen molar-refractivity contribution in [2.24, 2.45) is 0 Å². The molecule has 2 aliphatic rings. The molecule has 1 N–H and O–H groups in total. The Morgan fingerprint density at radius 2 is 1.70 bits per heavy atom. The second kappa shape index (κ2) is 10.2.